The lowest BCUT2D eigenvalue weighted by Gasteiger charge is -2.23. The first-order valence-electron chi connectivity index (χ1n) is 8.62. The Bertz CT molecular complexity index is 321. The van der Waals surface area contributed by atoms with Crippen LogP contribution in [0.1, 0.15) is 86.0 Å². The van der Waals surface area contributed by atoms with E-state index in [2.05, 4.69) is 20.8 Å². The van der Waals surface area contributed by atoms with Crippen LogP contribution in [-0.2, 0) is 19.1 Å². The van der Waals surface area contributed by atoms with Crippen molar-refractivity contribution >= 4 is 11.9 Å². The number of ether oxygens (including phenoxy) is 2. The molecule has 0 N–H and O–H groups in total. The summed E-state index contributed by atoms with van der Waals surface area (Å²) in [5.41, 5.74) is 0.442. The second-order valence-corrected chi connectivity index (χ2v) is 7.01. The third kappa shape index (κ3) is 12.7. The van der Waals surface area contributed by atoms with Crippen LogP contribution in [-0.4, -0.2) is 24.6 Å². The molecule has 0 rings (SSSR count). The van der Waals surface area contributed by atoms with Crippen molar-refractivity contribution in [1.82, 2.24) is 0 Å². The third-order valence-corrected chi connectivity index (χ3v) is 3.59. The number of hydrogen-bond acceptors (Lipinski definition) is 4. The molecule has 0 aromatic heterocycles. The molecular weight excluding hydrogens is 280 g/mol. The maximum atomic E-state index is 11.4. The van der Waals surface area contributed by atoms with E-state index in [1.54, 1.807) is 13.8 Å². The van der Waals surface area contributed by atoms with E-state index in [0.717, 1.165) is 12.8 Å². The van der Waals surface area contributed by atoms with E-state index in [9.17, 15) is 9.59 Å². The van der Waals surface area contributed by atoms with Crippen molar-refractivity contribution < 1.29 is 19.1 Å². The molecule has 0 aliphatic rings. The van der Waals surface area contributed by atoms with Gasteiger partial charge in [0, 0.05) is 0 Å². The summed E-state index contributed by atoms with van der Waals surface area (Å²) in [7, 11) is 0. The number of unbranched alkanes of at least 4 members (excludes halogenated alkanes) is 3. The van der Waals surface area contributed by atoms with E-state index in [1.807, 2.05) is 0 Å². The van der Waals surface area contributed by atoms with E-state index in [1.165, 1.54) is 32.1 Å². The summed E-state index contributed by atoms with van der Waals surface area (Å²) in [6, 6.07) is 0. The van der Waals surface area contributed by atoms with Gasteiger partial charge in [-0.25, -0.2) is 0 Å². The van der Waals surface area contributed by atoms with E-state index in [4.69, 9.17) is 9.47 Å². The topological polar surface area (TPSA) is 52.6 Å². The SMILES string of the molecule is CCCC(C)(C)CCCCCCOC(=O)CC(=O)OC(C)C. The summed E-state index contributed by atoms with van der Waals surface area (Å²) >= 11 is 0. The molecule has 0 radical (unpaired) electrons. The monoisotopic (exact) mass is 314 g/mol. The summed E-state index contributed by atoms with van der Waals surface area (Å²) in [5.74, 6) is -1.01. The van der Waals surface area contributed by atoms with Gasteiger partial charge in [-0.3, -0.25) is 9.59 Å². The molecule has 4 nitrogen and oxygen atoms in total. The summed E-state index contributed by atoms with van der Waals surface area (Å²) < 4.78 is 9.93. The van der Waals surface area contributed by atoms with Gasteiger partial charge in [-0.1, -0.05) is 46.5 Å². The van der Waals surface area contributed by atoms with Crippen molar-refractivity contribution in [2.75, 3.05) is 6.61 Å². The fourth-order valence-corrected chi connectivity index (χ4v) is 2.52. The zero-order valence-electron chi connectivity index (χ0n) is 15.1. The van der Waals surface area contributed by atoms with Crippen LogP contribution in [0.15, 0.2) is 0 Å². The van der Waals surface area contributed by atoms with Gasteiger partial charge in [-0.2, -0.15) is 0 Å². The minimum Gasteiger partial charge on any atom is -0.465 e. The standard InChI is InChI=1S/C18H34O4/c1-6-11-18(4,5)12-9-7-8-10-13-21-16(19)14-17(20)22-15(2)3/h15H,6-14H2,1-5H3. The number of carbonyl (C=O) groups excluding carboxylic acids is 2. The van der Waals surface area contributed by atoms with E-state index in [-0.39, 0.29) is 12.5 Å². The number of rotatable bonds is 12. The molecule has 4 heteroatoms. The van der Waals surface area contributed by atoms with E-state index in [0.29, 0.717) is 12.0 Å². The molecule has 0 unspecified atom stereocenters. The van der Waals surface area contributed by atoms with Crippen molar-refractivity contribution in [1.29, 1.82) is 0 Å². The van der Waals surface area contributed by atoms with Gasteiger partial charge in [-0.05, 0) is 38.5 Å². The Kier molecular flexibility index (Phi) is 10.9. The summed E-state index contributed by atoms with van der Waals surface area (Å²) in [6.45, 7) is 10.8. The average molecular weight is 314 g/mol. The molecule has 130 valence electrons. The van der Waals surface area contributed by atoms with Crippen LogP contribution in [0.5, 0.6) is 0 Å². The van der Waals surface area contributed by atoms with Crippen LogP contribution >= 0.6 is 0 Å². The lowest BCUT2D eigenvalue weighted by Crippen LogP contribution is -2.17. The Balaban J connectivity index is 3.53. The first-order chi connectivity index (χ1) is 10.3. The molecular formula is C18H34O4. The highest BCUT2D eigenvalue weighted by Crippen LogP contribution is 2.29. The van der Waals surface area contributed by atoms with Gasteiger partial charge in [-0.15, -0.1) is 0 Å². The fourth-order valence-electron chi connectivity index (χ4n) is 2.52. The molecule has 0 aromatic carbocycles. The first kappa shape index (κ1) is 20.9. The van der Waals surface area contributed by atoms with Gasteiger partial charge >= 0.3 is 11.9 Å². The smallest absolute Gasteiger partial charge is 0.317 e. The average Bonchev–Trinajstić information content (AvgIpc) is 2.36. The number of carbonyl (C=O) groups is 2. The fraction of sp³-hybridized carbons (Fsp3) is 0.889. The van der Waals surface area contributed by atoms with Gasteiger partial charge in [0.1, 0.15) is 6.42 Å². The van der Waals surface area contributed by atoms with Crippen LogP contribution < -0.4 is 0 Å². The maximum absolute atomic E-state index is 11.4. The van der Waals surface area contributed by atoms with Gasteiger partial charge in [0.15, 0.2) is 0 Å². The zero-order chi connectivity index (χ0) is 17.0. The first-order valence-corrected chi connectivity index (χ1v) is 8.62. The highest BCUT2D eigenvalue weighted by atomic mass is 16.6. The predicted molar refractivity (Wildman–Crippen MR) is 88.6 cm³/mol. The van der Waals surface area contributed by atoms with Crippen LogP contribution in [0, 0.1) is 5.41 Å². The molecule has 0 aliphatic heterocycles. The molecule has 0 aliphatic carbocycles. The van der Waals surface area contributed by atoms with Gasteiger partial charge < -0.3 is 9.47 Å². The van der Waals surface area contributed by atoms with Gasteiger partial charge in [0.25, 0.3) is 0 Å². The van der Waals surface area contributed by atoms with Gasteiger partial charge in [0.05, 0.1) is 12.7 Å². The van der Waals surface area contributed by atoms with Crippen molar-refractivity contribution in [3.05, 3.63) is 0 Å². The maximum Gasteiger partial charge on any atom is 0.317 e. The number of hydrogen-bond donors (Lipinski definition) is 0. The summed E-state index contributed by atoms with van der Waals surface area (Å²) in [6.07, 6.45) is 7.59. The molecule has 0 amide bonds. The van der Waals surface area contributed by atoms with Crippen molar-refractivity contribution in [3.63, 3.8) is 0 Å². The molecule has 0 spiro atoms. The molecule has 0 aromatic rings. The van der Waals surface area contributed by atoms with Crippen LogP contribution in [0.25, 0.3) is 0 Å². The summed E-state index contributed by atoms with van der Waals surface area (Å²) in [4.78, 5) is 22.7. The highest BCUT2D eigenvalue weighted by Gasteiger charge is 2.15. The highest BCUT2D eigenvalue weighted by molar-refractivity contribution is 5.91. The van der Waals surface area contributed by atoms with E-state index < -0.39 is 11.9 Å². The Morgan fingerprint density at radius 1 is 0.955 bits per heavy atom. The molecule has 0 fully saturated rings. The van der Waals surface area contributed by atoms with Crippen molar-refractivity contribution in [3.8, 4) is 0 Å². The zero-order valence-corrected chi connectivity index (χ0v) is 15.1. The van der Waals surface area contributed by atoms with Crippen LogP contribution in [0.3, 0.4) is 0 Å². The van der Waals surface area contributed by atoms with E-state index >= 15 is 0 Å². The number of esters is 2. The quantitative estimate of drug-likeness (QED) is 0.299. The molecule has 0 atom stereocenters. The second-order valence-electron chi connectivity index (χ2n) is 7.01. The minimum absolute atomic E-state index is 0.197. The predicted octanol–water partition coefficient (Wildman–Crippen LogP) is 4.65. The second kappa shape index (κ2) is 11.5. The lowest BCUT2D eigenvalue weighted by atomic mass is 9.83. The minimum atomic E-state index is -0.516. The molecule has 0 saturated heterocycles. The lowest BCUT2D eigenvalue weighted by molar-refractivity contribution is -0.156. The normalized spacial score (nSPS) is 11.5. The Morgan fingerprint density at radius 2 is 1.59 bits per heavy atom. The Labute approximate surface area is 135 Å². The Hall–Kier alpha value is -1.06. The van der Waals surface area contributed by atoms with Gasteiger partial charge in [0.2, 0.25) is 0 Å². The molecule has 0 bridgehead atoms. The largest absolute Gasteiger partial charge is 0.465 e. The van der Waals surface area contributed by atoms with Crippen LogP contribution in [0.4, 0.5) is 0 Å². The Morgan fingerprint density at radius 3 is 2.18 bits per heavy atom. The summed E-state index contributed by atoms with van der Waals surface area (Å²) in [5, 5.41) is 0. The molecule has 22 heavy (non-hydrogen) atoms. The third-order valence-electron chi connectivity index (χ3n) is 3.59. The molecule has 0 heterocycles. The molecule has 0 saturated carbocycles. The van der Waals surface area contributed by atoms with Crippen molar-refractivity contribution in [2.24, 2.45) is 5.41 Å². The van der Waals surface area contributed by atoms with Crippen LogP contribution in [0.2, 0.25) is 0 Å². The van der Waals surface area contributed by atoms with Crippen molar-refractivity contribution in [2.45, 2.75) is 92.1 Å².